The van der Waals surface area contributed by atoms with Gasteiger partial charge in [0.2, 0.25) is 5.95 Å². The second-order valence-corrected chi connectivity index (χ2v) is 8.34. The molecule has 0 aliphatic carbocycles. The lowest BCUT2D eigenvalue weighted by Crippen LogP contribution is -2.28. The van der Waals surface area contributed by atoms with E-state index in [2.05, 4.69) is 30.9 Å². The molecule has 0 spiro atoms. The van der Waals surface area contributed by atoms with E-state index in [1.807, 2.05) is 24.3 Å². The Morgan fingerprint density at radius 1 is 0.892 bits per heavy atom. The highest BCUT2D eigenvalue weighted by Crippen LogP contribution is 2.19. The largest absolute Gasteiger partial charge is 0.492 e. The molecule has 12 heteroatoms. The van der Waals surface area contributed by atoms with Gasteiger partial charge in [-0.2, -0.15) is 28.1 Å². The van der Waals surface area contributed by atoms with Gasteiger partial charge in [0, 0.05) is 31.6 Å². The van der Waals surface area contributed by atoms with Gasteiger partial charge in [0.1, 0.15) is 18.2 Å². The predicted molar refractivity (Wildman–Crippen MR) is 130 cm³/mol. The predicted octanol–water partition coefficient (Wildman–Crippen LogP) is 3.12. The minimum absolute atomic E-state index is 0.0861. The number of carbonyl (C=O) groups excluding carboxylic acids is 1. The lowest BCUT2D eigenvalue weighted by molar-refractivity contribution is -0.154. The van der Waals surface area contributed by atoms with Crippen molar-refractivity contribution in [1.82, 2.24) is 25.6 Å². The number of hydrogen-bond donors (Lipinski definition) is 3. The molecule has 4 aliphatic heterocycles. The van der Waals surface area contributed by atoms with Crippen molar-refractivity contribution in [2.75, 3.05) is 38.2 Å². The molecule has 9 nitrogen and oxygen atoms in total. The maximum absolute atomic E-state index is 12.7. The highest BCUT2D eigenvalue weighted by molar-refractivity contribution is 5.94. The molecular weight excluding hydrogens is 489 g/mol. The van der Waals surface area contributed by atoms with Crippen molar-refractivity contribution in [3.05, 3.63) is 71.0 Å². The first-order valence-corrected chi connectivity index (χ1v) is 11.8. The van der Waals surface area contributed by atoms with Crippen molar-refractivity contribution < 1.29 is 27.4 Å². The minimum Gasteiger partial charge on any atom is -0.492 e. The van der Waals surface area contributed by atoms with Crippen molar-refractivity contribution >= 4 is 11.9 Å². The summed E-state index contributed by atoms with van der Waals surface area (Å²) in [4.78, 5) is 24.8. The molecule has 37 heavy (non-hydrogen) atoms. The van der Waals surface area contributed by atoms with Crippen LogP contribution in [0.1, 0.15) is 33.7 Å². The van der Waals surface area contributed by atoms with Crippen LogP contribution in [0, 0.1) is 0 Å². The number of halogens is 3. The fourth-order valence-electron chi connectivity index (χ4n) is 3.49. The Labute approximate surface area is 211 Å². The average molecular weight is 517 g/mol. The number of benzene rings is 2. The summed E-state index contributed by atoms with van der Waals surface area (Å²) < 4.78 is 48.6. The molecule has 3 aromatic rings. The molecule has 0 saturated heterocycles. The molecular formula is C25H27F3N6O3. The van der Waals surface area contributed by atoms with Crippen molar-refractivity contribution in [3.63, 3.8) is 0 Å². The quantitative estimate of drug-likeness (QED) is 0.477. The van der Waals surface area contributed by atoms with Crippen molar-refractivity contribution in [1.29, 1.82) is 0 Å². The first-order chi connectivity index (χ1) is 17.8. The van der Waals surface area contributed by atoms with E-state index in [9.17, 15) is 18.0 Å². The van der Waals surface area contributed by atoms with Crippen LogP contribution in [0.5, 0.6) is 11.8 Å². The number of ether oxygens (including phenoxy) is 2. The van der Waals surface area contributed by atoms with Gasteiger partial charge in [-0.1, -0.05) is 24.3 Å². The van der Waals surface area contributed by atoms with Gasteiger partial charge >= 0.3 is 12.2 Å². The van der Waals surface area contributed by atoms with Crippen LogP contribution in [0.15, 0.2) is 48.5 Å². The van der Waals surface area contributed by atoms with Crippen molar-refractivity contribution in [3.8, 4) is 11.8 Å². The standard InChI is InChI=1S/C25H27F3N6O3/c26-25(27,28)16-37-24-33-21-14-17-2-6-19(7-3-17)22(35)30-11-1-10-29-12-13-36-20-8-4-18(5-9-20)15-31-23(32-21)34-24/h2-9,29H,1,10-16H2,(H,30,35)(H,31,32,33,34). The van der Waals surface area contributed by atoms with E-state index in [4.69, 9.17) is 9.47 Å². The lowest BCUT2D eigenvalue weighted by Gasteiger charge is -2.12. The van der Waals surface area contributed by atoms with Crippen LogP contribution < -0.4 is 25.4 Å². The third kappa shape index (κ3) is 8.60. The van der Waals surface area contributed by atoms with Crippen LogP contribution in [0.2, 0.25) is 0 Å². The summed E-state index contributed by atoms with van der Waals surface area (Å²) in [5, 5.41) is 9.17. The summed E-state index contributed by atoms with van der Waals surface area (Å²) in [6, 6.07) is 13.9. The van der Waals surface area contributed by atoms with Gasteiger partial charge in [0.15, 0.2) is 6.61 Å². The third-order valence-corrected chi connectivity index (χ3v) is 5.34. The van der Waals surface area contributed by atoms with E-state index in [0.29, 0.717) is 37.6 Å². The number of nitrogens with zero attached hydrogens (tertiary/aromatic N) is 3. The average Bonchev–Trinajstić information content (AvgIpc) is 2.88. The smallest absolute Gasteiger partial charge is 0.422 e. The molecule has 2 aromatic carbocycles. The first-order valence-electron chi connectivity index (χ1n) is 11.8. The van der Waals surface area contributed by atoms with Crippen LogP contribution in [0.3, 0.4) is 0 Å². The van der Waals surface area contributed by atoms with E-state index in [0.717, 1.165) is 24.1 Å². The molecule has 0 radical (unpaired) electrons. The molecule has 1 amide bonds. The van der Waals surface area contributed by atoms with E-state index in [1.165, 1.54) is 0 Å². The Kier molecular flexibility index (Phi) is 8.72. The fraction of sp³-hybridized carbons (Fsp3) is 0.360. The number of rotatable bonds is 2. The van der Waals surface area contributed by atoms with Crippen LogP contribution in [0.25, 0.3) is 0 Å². The summed E-state index contributed by atoms with van der Waals surface area (Å²) in [6.45, 7) is 1.24. The van der Waals surface area contributed by atoms with Gasteiger partial charge < -0.3 is 25.4 Å². The maximum Gasteiger partial charge on any atom is 0.422 e. The second kappa shape index (κ2) is 12.3. The number of aromatic nitrogens is 3. The molecule has 5 heterocycles. The Morgan fingerprint density at radius 3 is 2.41 bits per heavy atom. The molecule has 0 unspecified atom stereocenters. The topological polar surface area (TPSA) is 110 Å². The van der Waals surface area contributed by atoms with Crippen LogP contribution >= 0.6 is 0 Å². The Morgan fingerprint density at radius 2 is 1.65 bits per heavy atom. The Hall–Kier alpha value is -3.93. The summed E-state index contributed by atoms with van der Waals surface area (Å²) in [5.74, 6) is 0.835. The van der Waals surface area contributed by atoms with Crippen molar-refractivity contribution in [2.24, 2.45) is 0 Å². The molecule has 1 aromatic heterocycles. The normalized spacial score (nSPS) is 15.4. The number of amides is 1. The lowest BCUT2D eigenvalue weighted by atomic mass is 10.1. The molecule has 196 valence electrons. The monoisotopic (exact) mass is 516 g/mol. The van der Waals surface area contributed by atoms with E-state index in [-0.39, 0.29) is 24.1 Å². The zero-order valence-corrected chi connectivity index (χ0v) is 20.0. The highest BCUT2D eigenvalue weighted by atomic mass is 19.4. The van der Waals surface area contributed by atoms with E-state index >= 15 is 0 Å². The maximum atomic E-state index is 12.7. The van der Waals surface area contributed by atoms with Gasteiger partial charge in [-0.3, -0.25) is 4.79 Å². The van der Waals surface area contributed by atoms with Gasteiger partial charge in [-0.05, 0) is 48.4 Å². The molecule has 6 bridgehead atoms. The van der Waals surface area contributed by atoms with Crippen LogP contribution in [0.4, 0.5) is 19.1 Å². The summed E-state index contributed by atoms with van der Waals surface area (Å²) in [5.41, 5.74) is 2.17. The van der Waals surface area contributed by atoms with Crippen LogP contribution in [-0.2, 0) is 13.0 Å². The summed E-state index contributed by atoms with van der Waals surface area (Å²) >= 11 is 0. The Bertz CT molecular complexity index is 1170. The highest BCUT2D eigenvalue weighted by Gasteiger charge is 2.29. The summed E-state index contributed by atoms with van der Waals surface area (Å²) in [7, 11) is 0. The molecule has 3 N–H and O–H groups in total. The van der Waals surface area contributed by atoms with Crippen molar-refractivity contribution in [2.45, 2.75) is 25.6 Å². The zero-order valence-electron chi connectivity index (χ0n) is 20.0. The SMILES string of the molecule is O=C1NCCCNCCOc2ccc(cc2)CNc2nc(nc(OCC(F)(F)F)n2)Cc2ccc1cc2. The Balaban J connectivity index is 1.55. The van der Waals surface area contributed by atoms with E-state index < -0.39 is 18.8 Å². The fourth-order valence-corrected chi connectivity index (χ4v) is 3.49. The van der Waals surface area contributed by atoms with Gasteiger partial charge in [0.25, 0.3) is 5.91 Å². The molecule has 0 fully saturated rings. The molecule has 0 saturated carbocycles. The first kappa shape index (κ1) is 26.1. The number of anilines is 1. The third-order valence-electron chi connectivity index (χ3n) is 5.34. The number of carbonyl (C=O) groups is 1. The number of hydrogen-bond acceptors (Lipinski definition) is 8. The zero-order chi connectivity index (χ0) is 26.1. The molecule has 0 atom stereocenters. The number of nitrogens with one attached hydrogen (secondary N) is 3. The van der Waals surface area contributed by atoms with E-state index in [1.54, 1.807) is 24.3 Å². The van der Waals surface area contributed by atoms with Gasteiger partial charge in [-0.25, -0.2) is 0 Å². The van der Waals surface area contributed by atoms with Gasteiger partial charge in [0.05, 0.1) is 0 Å². The minimum atomic E-state index is -4.53. The number of alkyl halides is 3. The van der Waals surface area contributed by atoms with Gasteiger partial charge in [-0.15, -0.1) is 0 Å². The molecule has 4 aliphatic rings. The van der Waals surface area contributed by atoms with Crippen LogP contribution in [-0.4, -0.2) is 59.9 Å². The summed E-state index contributed by atoms with van der Waals surface area (Å²) in [6.07, 6.45) is -3.55. The second-order valence-electron chi connectivity index (χ2n) is 8.34. The molecule has 7 rings (SSSR count).